The average molecular weight is 921 g/mol. The van der Waals surface area contributed by atoms with Crippen molar-refractivity contribution in [2.24, 2.45) is 0 Å². The highest BCUT2D eigenvalue weighted by atomic mass is 16.6. The summed E-state index contributed by atoms with van der Waals surface area (Å²) in [5.74, 6) is -1.59. The van der Waals surface area contributed by atoms with E-state index in [4.69, 9.17) is 14.2 Å². The number of carboxylic acid groups (broad SMARTS) is 1. The lowest BCUT2D eigenvalue weighted by Gasteiger charge is -2.31. The summed E-state index contributed by atoms with van der Waals surface area (Å²) in [6, 6.07) is -0.635. The fourth-order valence-corrected chi connectivity index (χ4v) is 7.21. The number of carbonyl (C=O) groups is 3. The lowest BCUT2D eigenvalue weighted by molar-refractivity contribution is -0.887. The molecule has 2 atom stereocenters. The van der Waals surface area contributed by atoms with Crippen LogP contribution in [0.15, 0.2) is 97.2 Å². The first-order chi connectivity index (χ1) is 32.1. The van der Waals surface area contributed by atoms with Gasteiger partial charge in [0.15, 0.2) is 12.1 Å². The number of hydrogen-bond donors (Lipinski definition) is 1. The van der Waals surface area contributed by atoms with Crippen LogP contribution in [0.4, 0.5) is 0 Å². The molecule has 0 aliphatic rings. The van der Waals surface area contributed by atoms with Crippen LogP contribution in [0.3, 0.4) is 0 Å². The van der Waals surface area contributed by atoms with Crippen LogP contribution in [0.1, 0.15) is 200 Å². The van der Waals surface area contributed by atoms with Gasteiger partial charge in [-0.05, 0) is 83.5 Å². The summed E-state index contributed by atoms with van der Waals surface area (Å²) < 4.78 is 17.3. The van der Waals surface area contributed by atoms with Gasteiger partial charge < -0.3 is 23.8 Å². The van der Waals surface area contributed by atoms with E-state index in [-0.39, 0.29) is 36.7 Å². The summed E-state index contributed by atoms with van der Waals surface area (Å²) in [6.07, 6.45) is 64.8. The number of rotatable bonds is 46. The minimum Gasteiger partial charge on any atom is -0.477 e. The number of esters is 2. The molecule has 0 heterocycles. The van der Waals surface area contributed by atoms with Crippen LogP contribution in [0.5, 0.6) is 0 Å². The highest BCUT2D eigenvalue weighted by Gasteiger charge is 2.31. The molecule has 1 N–H and O–H groups in total. The molecular formula is C58H98NO7+. The molecule has 0 aromatic carbocycles. The molecule has 0 aliphatic carbocycles. The molecule has 376 valence electrons. The van der Waals surface area contributed by atoms with E-state index in [0.29, 0.717) is 19.3 Å². The highest BCUT2D eigenvalue weighted by Crippen LogP contribution is 2.14. The third kappa shape index (κ3) is 45.4. The molecule has 0 aromatic heterocycles. The van der Waals surface area contributed by atoms with Gasteiger partial charge in [0.2, 0.25) is 0 Å². The Hall–Kier alpha value is -3.75. The van der Waals surface area contributed by atoms with Gasteiger partial charge in [0.1, 0.15) is 6.61 Å². The van der Waals surface area contributed by atoms with E-state index in [2.05, 4.69) is 98.9 Å². The molecule has 0 amide bonds. The molecule has 0 rings (SSSR count). The number of carboxylic acids is 1. The highest BCUT2D eigenvalue weighted by molar-refractivity contribution is 5.72. The van der Waals surface area contributed by atoms with Gasteiger partial charge in [0.25, 0.3) is 0 Å². The van der Waals surface area contributed by atoms with Crippen molar-refractivity contribution in [2.45, 2.75) is 212 Å². The van der Waals surface area contributed by atoms with Crippen molar-refractivity contribution in [2.75, 3.05) is 41.0 Å². The van der Waals surface area contributed by atoms with E-state index in [1.807, 2.05) is 33.3 Å². The van der Waals surface area contributed by atoms with E-state index in [1.54, 1.807) is 0 Å². The SMILES string of the molecule is CC/C=C/C/C=C/C/C=C/C/C=C/C/C=C/C/C=C/CCC(=O)OC(COCCC(C(=O)O)[N+](C)(C)C)COC(=O)CCCCCCCCC/C=C/C/C=C/CCCCCCCCCCC. The molecule has 2 unspecified atom stereocenters. The van der Waals surface area contributed by atoms with E-state index >= 15 is 0 Å². The van der Waals surface area contributed by atoms with Crippen molar-refractivity contribution in [3.05, 3.63) is 97.2 Å². The molecule has 66 heavy (non-hydrogen) atoms. The summed E-state index contributed by atoms with van der Waals surface area (Å²) >= 11 is 0. The number of quaternary nitrogens is 1. The predicted molar refractivity (Wildman–Crippen MR) is 279 cm³/mol. The summed E-state index contributed by atoms with van der Waals surface area (Å²) in [5, 5.41) is 9.65. The Bertz CT molecular complexity index is 1400. The summed E-state index contributed by atoms with van der Waals surface area (Å²) in [4.78, 5) is 37.1. The maximum atomic E-state index is 12.8. The van der Waals surface area contributed by atoms with Gasteiger partial charge >= 0.3 is 17.9 Å². The second-order valence-electron chi connectivity index (χ2n) is 18.4. The van der Waals surface area contributed by atoms with Crippen molar-refractivity contribution < 1.29 is 38.2 Å². The number of carbonyl (C=O) groups excluding carboxylic acids is 2. The molecule has 0 bridgehead atoms. The molecule has 8 heteroatoms. The summed E-state index contributed by atoms with van der Waals surface area (Å²) in [7, 11) is 5.50. The Balaban J connectivity index is 4.36. The van der Waals surface area contributed by atoms with Crippen LogP contribution in [0.25, 0.3) is 0 Å². The Morgan fingerprint density at radius 3 is 1.32 bits per heavy atom. The van der Waals surface area contributed by atoms with Gasteiger partial charge in [-0.3, -0.25) is 9.59 Å². The van der Waals surface area contributed by atoms with Crippen LogP contribution in [0.2, 0.25) is 0 Å². The van der Waals surface area contributed by atoms with Crippen molar-refractivity contribution in [3.63, 3.8) is 0 Å². The normalized spacial score (nSPS) is 13.7. The van der Waals surface area contributed by atoms with Crippen LogP contribution in [0, 0.1) is 0 Å². The minimum absolute atomic E-state index is 0.0225. The van der Waals surface area contributed by atoms with E-state index < -0.39 is 24.1 Å². The molecule has 0 saturated heterocycles. The quantitative estimate of drug-likeness (QED) is 0.0281. The zero-order valence-electron chi connectivity index (χ0n) is 42.9. The van der Waals surface area contributed by atoms with Gasteiger partial charge in [-0.1, -0.05) is 195 Å². The van der Waals surface area contributed by atoms with Crippen LogP contribution in [-0.4, -0.2) is 80.6 Å². The summed E-state index contributed by atoms with van der Waals surface area (Å²) in [6.45, 7) is 4.53. The zero-order valence-corrected chi connectivity index (χ0v) is 42.9. The van der Waals surface area contributed by atoms with Crippen molar-refractivity contribution in [3.8, 4) is 0 Å². The first-order valence-corrected chi connectivity index (χ1v) is 26.3. The fourth-order valence-electron chi connectivity index (χ4n) is 7.21. The largest absolute Gasteiger partial charge is 0.477 e. The molecule has 0 aromatic rings. The van der Waals surface area contributed by atoms with Crippen LogP contribution < -0.4 is 0 Å². The number of allylic oxidation sites excluding steroid dienone is 16. The van der Waals surface area contributed by atoms with Gasteiger partial charge in [0, 0.05) is 19.3 Å². The van der Waals surface area contributed by atoms with Gasteiger partial charge in [-0.2, -0.15) is 0 Å². The molecule has 0 aliphatic heterocycles. The molecule has 0 radical (unpaired) electrons. The topological polar surface area (TPSA) is 99.1 Å². The van der Waals surface area contributed by atoms with E-state index in [9.17, 15) is 19.5 Å². The molecule has 0 saturated carbocycles. The minimum atomic E-state index is -0.890. The summed E-state index contributed by atoms with van der Waals surface area (Å²) in [5.41, 5.74) is 0. The number of hydrogen-bond acceptors (Lipinski definition) is 6. The Morgan fingerprint density at radius 2 is 0.879 bits per heavy atom. The van der Waals surface area contributed by atoms with Gasteiger partial charge in [-0.15, -0.1) is 0 Å². The molecule has 8 nitrogen and oxygen atoms in total. The van der Waals surface area contributed by atoms with Crippen molar-refractivity contribution >= 4 is 17.9 Å². The van der Waals surface area contributed by atoms with Crippen molar-refractivity contribution in [1.82, 2.24) is 0 Å². The van der Waals surface area contributed by atoms with Gasteiger partial charge in [0.05, 0.1) is 34.4 Å². The Kier molecular flexibility index (Phi) is 45.0. The number of nitrogens with zero attached hydrogens (tertiary/aromatic N) is 1. The number of ether oxygens (including phenoxy) is 3. The number of aliphatic carboxylic acids is 1. The third-order valence-corrected chi connectivity index (χ3v) is 11.2. The Morgan fingerprint density at radius 1 is 0.470 bits per heavy atom. The number of likely N-dealkylation sites (N-methyl/N-ethyl adjacent to an activating group) is 1. The van der Waals surface area contributed by atoms with E-state index in [0.717, 1.165) is 70.6 Å². The van der Waals surface area contributed by atoms with Crippen LogP contribution >= 0.6 is 0 Å². The third-order valence-electron chi connectivity index (χ3n) is 11.2. The monoisotopic (exact) mass is 921 g/mol. The Labute approximate surface area is 405 Å². The lowest BCUT2D eigenvalue weighted by atomic mass is 10.1. The zero-order chi connectivity index (χ0) is 48.4. The first kappa shape index (κ1) is 62.2. The first-order valence-electron chi connectivity index (χ1n) is 26.3. The second-order valence-corrected chi connectivity index (χ2v) is 18.4. The van der Waals surface area contributed by atoms with Crippen LogP contribution in [-0.2, 0) is 28.6 Å². The maximum Gasteiger partial charge on any atom is 0.362 e. The molecule has 0 fully saturated rings. The lowest BCUT2D eigenvalue weighted by Crippen LogP contribution is -2.50. The maximum absolute atomic E-state index is 12.8. The number of unbranched alkanes of at least 4 members (excludes halogenated alkanes) is 16. The standard InChI is InChI=1S/C58H97NO7/c1-6-8-10-12-14-16-18-20-22-24-26-27-28-29-31-32-34-36-38-40-42-44-46-48-56(60)65-53-54(52-64-51-50-55(58(62)63)59(3,4)5)66-57(61)49-47-45-43-41-39-37-35-33-30-25-23-21-19-17-15-13-11-9-7-2/h9,11,15,17,21,23,26-27,29-31,33,37,39,43,45,54-55H,6-8,10,12-14,16,18-20,22,24-25,28,32,34-36,38,40-42,44,46-53H2,1-5H3/p+1/b11-9+,17-15+,23-21+,27-26+,31-29+,33-30+,39-37+,45-43+. The van der Waals surface area contributed by atoms with Gasteiger partial charge in [-0.25, -0.2) is 4.79 Å². The molecular weight excluding hydrogens is 823 g/mol. The molecule has 0 spiro atoms. The van der Waals surface area contributed by atoms with E-state index in [1.165, 1.54) is 89.9 Å². The van der Waals surface area contributed by atoms with Crippen molar-refractivity contribution in [1.29, 1.82) is 0 Å². The average Bonchev–Trinajstić information content (AvgIpc) is 3.28. The predicted octanol–water partition coefficient (Wildman–Crippen LogP) is 15.4. The second kappa shape index (κ2) is 47.7. The smallest absolute Gasteiger partial charge is 0.362 e. The fraction of sp³-hybridized carbons (Fsp3) is 0.672.